The molecule has 0 aliphatic rings. The number of fused-ring (bicyclic) bond motifs is 1. The van der Waals surface area contributed by atoms with E-state index in [1.54, 1.807) is 0 Å². The zero-order valence-corrected chi connectivity index (χ0v) is 14.1. The Kier molecular flexibility index (Phi) is 6.51. The van der Waals surface area contributed by atoms with E-state index in [4.69, 9.17) is 4.74 Å². The molecule has 0 aromatic heterocycles. The number of hydrogen-bond acceptors (Lipinski definition) is 1. The summed E-state index contributed by atoms with van der Waals surface area (Å²) in [6.07, 6.45) is 8.36. The molecule has 0 bridgehead atoms. The van der Waals surface area contributed by atoms with E-state index in [1.165, 1.54) is 41.2 Å². The number of ether oxygens (including phenoxy) is 1. The lowest BCUT2D eigenvalue weighted by Gasteiger charge is -2.15. The SMILES string of the molecule is CCCCCC(CC)OC=C(C)c1ccc2ccccc2c1. The Hall–Kier alpha value is -1.76. The molecule has 0 aliphatic heterocycles. The van der Waals surface area contributed by atoms with Gasteiger partial charge in [0.05, 0.1) is 12.4 Å². The third kappa shape index (κ3) is 4.62. The zero-order chi connectivity index (χ0) is 15.8. The molecule has 0 aliphatic carbocycles. The van der Waals surface area contributed by atoms with Gasteiger partial charge in [0.15, 0.2) is 0 Å². The predicted octanol–water partition coefficient (Wildman–Crippen LogP) is 6.58. The van der Waals surface area contributed by atoms with Crippen molar-refractivity contribution in [3.63, 3.8) is 0 Å². The van der Waals surface area contributed by atoms with Crippen LogP contribution in [0.25, 0.3) is 16.3 Å². The largest absolute Gasteiger partial charge is 0.498 e. The van der Waals surface area contributed by atoms with Crippen molar-refractivity contribution in [2.24, 2.45) is 0 Å². The molecule has 1 unspecified atom stereocenters. The summed E-state index contributed by atoms with van der Waals surface area (Å²) in [5.74, 6) is 0. The maximum Gasteiger partial charge on any atom is 0.0976 e. The summed E-state index contributed by atoms with van der Waals surface area (Å²) >= 11 is 0. The Labute approximate surface area is 135 Å². The quantitative estimate of drug-likeness (QED) is 0.395. The molecule has 1 nitrogen and oxygen atoms in total. The van der Waals surface area contributed by atoms with Crippen molar-refractivity contribution in [3.8, 4) is 0 Å². The molecular weight excluding hydrogens is 268 g/mol. The molecule has 0 saturated heterocycles. The molecule has 0 fully saturated rings. The molecular formula is C21H28O. The van der Waals surface area contributed by atoms with Gasteiger partial charge in [0.1, 0.15) is 0 Å². The average molecular weight is 296 g/mol. The summed E-state index contributed by atoms with van der Waals surface area (Å²) in [4.78, 5) is 0. The maximum absolute atomic E-state index is 6.00. The number of benzene rings is 2. The van der Waals surface area contributed by atoms with E-state index >= 15 is 0 Å². The molecule has 2 aromatic rings. The summed E-state index contributed by atoms with van der Waals surface area (Å²) in [7, 11) is 0. The van der Waals surface area contributed by atoms with E-state index in [-0.39, 0.29) is 0 Å². The third-order valence-corrected chi connectivity index (χ3v) is 4.23. The molecule has 0 N–H and O–H groups in total. The Morgan fingerprint density at radius 3 is 2.55 bits per heavy atom. The van der Waals surface area contributed by atoms with E-state index in [0.29, 0.717) is 6.10 Å². The van der Waals surface area contributed by atoms with Crippen molar-refractivity contribution in [1.29, 1.82) is 0 Å². The molecule has 22 heavy (non-hydrogen) atoms. The van der Waals surface area contributed by atoms with Gasteiger partial charge >= 0.3 is 0 Å². The Morgan fingerprint density at radius 1 is 1.05 bits per heavy atom. The van der Waals surface area contributed by atoms with Crippen molar-refractivity contribution in [2.75, 3.05) is 0 Å². The van der Waals surface area contributed by atoms with Gasteiger partial charge in [-0.05, 0) is 54.2 Å². The molecule has 118 valence electrons. The lowest BCUT2D eigenvalue weighted by Crippen LogP contribution is -2.08. The number of allylic oxidation sites excluding steroid dienone is 1. The number of rotatable bonds is 8. The van der Waals surface area contributed by atoms with Crippen molar-refractivity contribution in [3.05, 3.63) is 54.3 Å². The fourth-order valence-corrected chi connectivity index (χ4v) is 2.69. The number of hydrogen-bond donors (Lipinski definition) is 0. The highest BCUT2D eigenvalue weighted by Gasteiger charge is 2.06. The second kappa shape index (κ2) is 8.63. The molecule has 0 heterocycles. The molecule has 2 aromatic carbocycles. The zero-order valence-electron chi connectivity index (χ0n) is 14.1. The fraction of sp³-hybridized carbons (Fsp3) is 0.429. The molecule has 0 amide bonds. The van der Waals surface area contributed by atoms with Crippen LogP contribution in [0.3, 0.4) is 0 Å². The normalized spacial score (nSPS) is 13.3. The predicted molar refractivity (Wildman–Crippen MR) is 96.9 cm³/mol. The van der Waals surface area contributed by atoms with Crippen LogP contribution in [0.5, 0.6) is 0 Å². The Bertz CT molecular complexity index is 612. The van der Waals surface area contributed by atoms with E-state index in [0.717, 1.165) is 12.8 Å². The third-order valence-electron chi connectivity index (χ3n) is 4.23. The molecule has 1 atom stereocenters. The van der Waals surface area contributed by atoms with Crippen LogP contribution in [0.1, 0.15) is 58.4 Å². The van der Waals surface area contributed by atoms with Gasteiger partial charge in [0.2, 0.25) is 0 Å². The molecule has 0 saturated carbocycles. The van der Waals surface area contributed by atoms with Crippen LogP contribution >= 0.6 is 0 Å². The standard InChI is InChI=1S/C21H28O/c1-4-6-7-12-21(5-2)22-16-17(3)19-14-13-18-10-8-9-11-20(18)15-19/h8-11,13-16,21H,4-7,12H2,1-3H3. The van der Waals surface area contributed by atoms with Crippen LogP contribution in [-0.2, 0) is 4.74 Å². The summed E-state index contributed by atoms with van der Waals surface area (Å²) in [6, 6.07) is 15.1. The Morgan fingerprint density at radius 2 is 1.82 bits per heavy atom. The summed E-state index contributed by atoms with van der Waals surface area (Å²) < 4.78 is 6.00. The van der Waals surface area contributed by atoms with Gasteiger partial charge in [0.25, 0.3) is 0 Å². The molecule has 0 spiro atoms. The van der Waals surface area contributed by atoms with Gasteiger partial charge in [-0.15, -0.1) is 0 Å². The first-order valence-corrected chi connectivity index (χ1v) is 8.56. The van der Waals surface area contributed by atoms with Crippen molar-refractivity contribution < 1.29 is 4.74 Å². The minimum atomic E-state index is 0.349. The van der Waals surface area contributed by atoms with Gasteiger partial charge in [0, 0.05) is 0 Å². The van der Waals surface area contributed by atoms with Gasteiger partial charge in [-0.1, -0.05) is 63.1 Å². The van der Waals surface area contributed by atoms with Gasteiger partial charge in [-0.25, -0.2) is 0 Å². The van der Waals surface area contributed by atoms with E-state index < -0.39 is 0 Å². The second-order valence-electron chi connectivity index (χ2n) is 6.02. The lowest BCUT2D eigenvalue weighted by atomic mass is 10.0. The van der Waals surface area contributed by atoms with E-state index in [9.17, 15) is 0 Å². The first-order valence-electron chi connectivity index (χ1n) is 8.56. The van der Waals surface area contributed by atoms with Crippen LogP contribution in [0.15, 0.2) is 48.7 Å². The highest BCUT2D eigenvalue weighted by Crippen LogP contribution is 2.22. The van der Waals surface area contributed by atoms with Crippen molar-refractivity contribution >= 4 is 16.3 Å². The smallest absolute Gasteiger partial charge is 0.0976 e. The summed E-state index contributed by atoms with van der Waals surface area (Å²) in [5.41, 5.74) is 2.43. The summed E-state index contributed by atoms with van der Waals surface area (Å²) in [6.45, 7) is 6.57. The minimum absolute atomic E-state index is 0.349. The average Bonchev–Trinajstić information content (AvgIpc) is 2.57. The van der Waals surface area contributed by atoms with Gasteiger partial charge in [-0.3, -0.25) is 0 Å². The van der Waals surface area contributed by atoms with Crippen LogP contribution in [0, 0.1) is 0 Å². The maximum atomic E-state index is 6.00. The highest BCUT2D eigenvalue weighted by atomic mass is 16.5. The van der Waals surface area contributed by atoms with Crippen LogP contribution in [0.2, 0.25) is 0 Å². The Balaban J connectivity index is 2.03. The minimum Gasteiger partial charge on any atom is -0.498 e. The highest BCUT2D eigenvalue weighted by molar-refractivity contribution is 5.85. The van der Waals surface area contributed by atoms with Crippen LogP contribution in [0.4, 0.5) is 0 Å². The first kappa shape index (κ1) is 16.6. The first-order chi connectivity index (χ1) is 10.7. The molecule has 1 heteroatoms. The van der Waals surface area contributed by atoms with E-state index in [1.807, 2.05) is 6.26 Å². The summed E-state index contributed by atoms with van der Waals surface area (Å²) in [5, 5.41) is 2.56. The van der Waals surface area contributed by atoms with Crippen molar-refractivity contribution in [1.82, 2.24) is 0 Å². The molecule has 2 rings (SSSR count). The van der Waals surface area contributed by atoms with Gasteiger partial charge in [-0.2, -0.15) is 0 Å². The number of unbranched alkanes of at least 4 members (excludes halogenated alkanes) is 2. The monoisotopic (exact) mass is 296 g/mol. The van der Waals surface area contributed by atoms with Crippen LogP contribution in [-0.4, -0.2) is 6.10 Å². The fourth-order valence-electron chi connectivity index (χ4n) is 2.69. The topological polar surface area (TPSA) is 9.23 Å². The van der Waals surface area contributed by atoms with Crippen LogP contribution < -0.4 is 0 Å². The lowest BCUT2D eigenvalue weighted by molar-refractivity contribution is 0.129. The van der Waals surface area contributed by atoms with E-state index in [2.05, 4.69) is 63.2 Å². The second-order valence-corrected chi connectivity index (χ2v) is 6.02. The van der Waals surface area contributed by atoms with Gasteiger partial charge < -0.3 is 4.74 Å². The van der Waals surface area contributed by atoms with Crippen molar-refractivity contribution in [2.45, 2.75) is 59.0 Å². The molecule has 0 radical (unpaired) electrons.